The number of hydrogen-bond acceptors (Lipinski definition) is 3. The summed E-state index contributed by atoms with van der Waals surface area (Å²) in [5.41, 5.74) is 0. The number of carbonyl (C=O) groups is 2. The molecule has 1 heterocycles. The molecule has 2 rings (SSSR count). The van der Waals surface area contributed by atoms with Gasteiger partial charge in [-0.25, -0.2) is 0 Å². The summed E-state index contributed by atoms with van der Waals surface area (Å²) < 4.78 is 0. The first-order valence-electron chi connectivity index (χ1n) is 5.99. The fourth-order valence-corrected chi connectivity index (χ4v) is 2.73. The van der Waals surface area contributed by atoms with Crippen molar-refractivity contribution >= 4 is 11.6 Å². The molecular formula is C12H19NO2. The second-order valence-corrected chi connectivity index (χ2v) is 4.75. The molecule has 2 unspecified atom stereocenters. The van der Waals surface area contributed by atoms with Crippen LogP contribution < -0.4 is 0 Å². The molecule has 2 atom stereocenters. The summed E-state index contributed by atoms with van der Waals surface area (Å²) in [5.74, 6) is 1.03. The van der Waals surface area contributed by atoms with E-state index >= 15 is 0 Å². The summed E-state index contributed by atoms with van der Waals surface area (Å²) in [5, 5.41) is 0. The predicted octanol–water partition coefficient (Wildman–Crippen LogP) is 1.41. The first-order valence-corrected chi connectivity index (χ1v) is 5.99. The molecule has 2 aliphatic rings. The highest BCUT2D eigenvalue weighted by molar-refractivity contribution is 5.83. The quantitative estimate of drug-likeness (QED) is 0.690. The minimum absolute atomic E-state index is 0.217. The van der Waals surface area contributed by atoms with Crippen LogP contribution in [0, 0.1) is 5.92 Å². The molecule has 1 aliphatic heterocycles. The largest absolute Gasteiger partial charge is 0.300 e. The molecular weight excluding hydrogens is 190 g/mol. The van der Waals surface area contributed by atoms with E-state index in [4.69, 9.17) is 0 Å². The van der Waals surface area contributed by atoms with Crippen LogP contribution in [0.25, 0.3) is 0 Å². The molecule has 84 valence electrons. The first-order chi connectivity index (χ1) is 7.20. The van der Waals surface area contributed by atoms with Gasteiger partial charge in [-0.15, -0.1) is 0 Å². The summed E-state index contributed by atoms with van der Waals surface area (Å²) in [7, 11) is 0. The Kier molecular flexibility index (Phi) is 3.19. The molecule has 0 spiro atoms. The summed E-state index contributed by atoms with van der Waals surface area (Å²) in [6.45, 7) is 3.83. The predicted molar refractivity (Wildman–Crippen MR) is 57.6 cm³/mol. The molecule has 0 N–H and O–H groups in total. The van der Waals surface area contributed by atoms with Crippen LogP contribution >= 0.6 is 0 Å². The molecule has 0 aromatic carbocycles. The number of piperidine rings is 1. The van der Waals surface area contributed by atoms with Crippen molar-refractivity contribution in [3.8, 4) is 0 Å². The van der Waals surface area contributed by atoms with Crippen LogP contribution in [0.1, 0.15) is 39.0 Å². The van der Waals surface area contributed by atoms with E-state index in [1.807, 2.05) is 0 Å². The lowest BCUT2D eigenvalue weighted by molar-refractivity contribution is -0.127. The molecule has 1 saturated carbocycles. The Morgan fingerprint density at radius 1 is 1.33 bits per heavy atom. The minimum atomic E-state index is 0.217. The van der Waals surface area contributed by atoms with Crippen molar-refractivity contribution in [3.63, 3.8) is 0 Å². The number of Topliss-reactive ketones (excluding diaryl/α,β-unsaturated/α-hetero) is 2. The molecule has 2 fully saturated rings. The van der Waals surface area contributed by atoms with Crippen LogP contribution in [0.2, 0.25) is 0 Å². The lowest BCUT2D eigenvalue weighted by atomic mass is 9.93. The fraction of sp³-hybridized carbons (Fsp3) is 0.833. The summed E-state index contributed by atoms with van der Waals surface area (Å²) in [6.07, 6.45) is 4.08. The summed E-state index contributed by atoms with van der Waals surface area (Å²) in [4.78, 5) is 25.1. The zero-order valence-electron chi connectivity index (χ0n) is 9.37. The Balaban J connectivity index is 1.94. The van der Waals surface area contributed by atoms with Gasteiger partial charge in [-0.3, -0.25) is 14.5 Å². The highest BCUT2D eigenvalue weighted by Crippen LogP contribution is 2.25. The second kappa shape index (κ2) is 4.44. The molecule has 3 nitrogen and oxygen atoms in total. The molecule has 0 aromatic rings. The zero-order chi connectivity index (χ0) is 10.8. The molecule has 0 bridgehead atoms. The number of carbonyl (C=O) groups excluding carboxylic acids is 2. The van der Waals surface area contributed by atoms with Gasteiger partial charge in [-0.1, -0.05) is 6.92 Å². The maximum Gasteiger partial charge on any atom is 0.138 e. The van der Waals surface area contributed by atoms with E-state index < -0.39 is 0 Å². The average Bonchev–Trinajstić information content (AvgIpc) is 2.66. The third-order valence-corrected chi connectivity index (χ3v) is 3.78. The third kappa shape index (κ3) is 2.28. The Morgan fingerprint density at radius 3 is 2.73 bits per heavy atom. The SMILES string of the molecule is CCC1CN(C2CCC(=O)C2)CCC1=O. The van der Waals surface area contributed by atoms with E-state index in [1.54, 1.807) is 0 Å². The number of nitrogens with zero attached hydrogens (tertiary/aromatic N) is 1. The van der Waals surface area contributed by atoms with E-state index in [-0.39, 0.29) is 5.92 Å². The molecule has 0 aromatic heterocycles. The van der Waals surface area contributed by atoms with Crippen LogP contribution in [0.5, 0.6) is 0 Å². The van der Waals surface area contributed by atoms with Gasteiger partial charge in [0, 0.05) is 44.3 Å². The van der Waals surface area contributed by atoms with Crippen LogP contribution in [-0.4, -0.2) is 35.6 Å². The van der Waals surface area contributed by atoms with Crippen molar-refractivity contribution in [2.75, 3.05) is 13.1 Å². The molecule has 0 amide bonds. The Bertz CT molecular complexity index is 275. The smallest absolute Gasteiger partial charge is 0.138 e. The van der Waals surface area contributed by atoms with Gasteiger partial charge in [0.15, 0.2) is 0 Å². The van der Waals surface area contributed by atoms with E-state index in [2.05, 4.69) is 11.8 Å². The maximum absolute atomic E-state index is 11.6. The van der Waals surface area contributed by atoms with Crippen LogP contribution in [0.4, 0.5) is 0 Å². The van der Waals surface area contributed by atoms with Gasteiger partial charge in [-0.2, -0.15) is 0 Å². The van der Waals surface area contributed by atoms with E-state index in [9.17, 15) is 9.59 Å². The van der Waals surface area contributed by atoms with Crippen molar-refractivity contribution in [3.05, 3.63) is 0 Å². The Labute approximate surface area is 90.8 Å². The molecule has 1 saturated heterocycles. The first kappa shape index (κ1) is 10.8. The Hall–Kier alpha value is -0.700. The molecule has 0 radical (unpaired) electrons. The number of hydrogen-bond donors (Lipinski definition) is 0. The summed E-state index contributed by atoms with van der Waals surface area (Å²) >= 11 is 0. The number of likely N-dealkylation sites (tertiary alicyclic amines) is 1. The van der Waals surface area contributed by atoms with Gasteiger partial charge in [-0.05, 0) is 12.8 Å². The molecule has 15 heavy (non-hydrogen) atoms. The number of ketones is 2. The van der Waals surface area contributed by atoms with Gasteiger partial charge in [0.25, 0.3) is 0 Å². The van der Waals surface area contributed by atoms with Crippen LogP contribution in [0.3, 0.4) is 0 Å². The highest BCUT2D eigenvalue weighted by atomic mass is 16.1. The van der Waals surface area contributed by atoms with Gasteiger partial charge >= 0.3 is 0 Å². The monoisotopic (exact) mass is 209 g/mol. The maximum atomic E-state index is 11.6. The van der Waals surface area contributed by atoms with E-state index in [1.165, 1.54) is 0 Å². The zero-order valence-corrected chi connectivity index (χ0v) is 9.37. The lowest BCUT2D eigenvalue weighted by Gasteiger charge is -2.35. The van der Waals surface area contributed by atoms with Crippen molar-refractivity contribution in [1.29, 1.82) is 0 Å². The lowest BCUT2D eigenvalue weighted by Crippen LogP contribution is -2.45. The minimum Gasteiger partial charge on any atom is -0.300 e. The van der Waals surface area contributed by atoms with E-state index in [0.29, 0.717) is 30.4 Å². The Morgan fingerprint density at radius 2 is 2.13 bits per heavy atom. The highest BCUT2D eigenvalue weighted by Gasteiger charge is 2.33. The van der Waals surface area contributed by atoms with Crippen LogP contribution in [0.15, 0.2) is 0 Å². The topological polar surface area (TPSA) is 37.4 Å². The van der Waals surface area contributed by atoms with Crippen molar-refractivity contribution in [1.82, 2.24) is 4.90 Å². The second-order valence-electron chi connectivity index (χ2n) is 4.75. The van der Waals surface area contributed by atoms with Crippen molar-refractivity contribution in [2.45, 2.75) is 45.1 Å². The van der Waals surface area contributed by atoms with Gasteiger partial charge in [0.1, 0.15) is 11.6 Å². The van der Waals surface area contributed by atoms with Gasteiger partial charge in [0.2, 0.25) is 0 Å². The van der Waals surface area contributed by atoms with Gasteiger partial charge in [0.05, 0.1) is 0 Å². The normalized spacial score (nSPS) is 33.7. The number of rotatable bonds is 2. The van der Waals surface area contributed by atoms with Crippen LogP contribution in [-0.2, 0) is 9.59 Å². The van der Waals surface area contributed by atoms with Gasteiger partial charge < -0.3 is 0 Å². The van der Waals surface area contributed by atoms with Crippen molar-refractivity contribution < 1.29 is 9.59 Å². The van der Waals surface area contributed by atoms with Crippen molar-refractivity contribution in [2.24, 2.45) is 5.92 Å². The van der Waals surface area contributed by atoms with E-state index in [0.717, 1.165) is 32.4 Å². The fourth-order valence-electron chi connectivity index (χ4n) is 2.73. The molecule has 3 heteroatoms. The third-order valence-electron chi connectivity index (χ3n) is 3.78. The summed E-state index contributed by atoms with van der Waals surface area (Å²) in [6, 6.07) is 0.430. The molecule has 1 aliphatic carbocycles. The standard InChI is InChI=1S/C12H19NO2/c1-2-9-8-13(6-5-12(9)15)10-3-4-11(14)7-10/h9-10H,2-8H2,1H3. The average molecular weight is 209 g/mol.